The molecule has 0 atom stereocenters. The monoisotopic (exact) mass is 339 g/mol. The standard InChI is InChI=1S/C23H21N3/c1-2-9-19(10-3-1)23-21(26-14-7-6-12-22(26)24-23)17-25-15-13-18-8-4-5-11-20(18)16-25/h1-12,14H,13,15-17H2. The Labute approximate surface area is 153 Å². The third-order valence-electron chi connectivity index (χ3n) is 5.26. The number of nitrogens with zero attached hydrogens (tertiary/aromatic N) is 3. The van der Waals surface area contributed by atoms with E-state index in [2.05, 4.69) is 88.3 Å². The van der Waals surface area contributed by atoms with Crippen molar-refractivity contribution >= 4 is 5.65 Å². The van der Waals surface area contributed by atoms with Crippen LogP contribution in [-0.2, 0) is 19.5 Å². The van der Waals surface area contributed by atoms with Gasteiger partial charge in [-0.25, -0.2) is 4.98 Å². The normalized spacial score (nSPS) is 14.5. The van der Waals surface area contributed by atoms with Crippen LogP contribution in [0.15, 0.2) is 79.0 Å². The highest BCUT2D eigenvalue weighted by molar-refractivity contribution is 5.66. The van der Waals surface area contributed by atoms with Crippen molar-refractivity contribution in [1.29, 1.82) is 0 Å². The summed E-state index contributed by atoms with van der Waals surface area (Å²) in [5, 5.41) is 0. The largest absolute Gasteiger partial charge is 0.302 e. The van der Waals surface area contributed by atoms with E-state index in [1.54, 1.807) is 0 Å². The van der Waals surface area contributed by atoms with Crippen LogP contribution in [0.25, 0.3) is 16.9 Å². The predicted molar refractivity (Wildman–Crippen MR) is 105 cm³/mol. The lowest BCUT2D eigenvalue weighted by Crippen LogP contribution is -2.30. The average Bonchev–Trinajstić information content (AvgIpc) is 3.07. The summed E-state index contributed by atoms with van der Waals surface area (Å²) in [4.78, 5) is 7.46. The molecule has 0 bridgehead atoms. The second-order valence-electron chi connectivity index (χ2n) is 6.93. The number of rotatable bonds is 3. The van der Waals surface area contributed by atoms with Crippen LogP contribution in [-0.4, -0.2) is 20.8 Å². The summed E-state index contributed by atoms with van der Waals surface area (Å²) >= 11 is 0. The third-order valence-corrected chi connectivity index (χ3v) is 5.26. The van der Waals surface area contributed by atoms with E-state index in [1.165, 1.54) is 22.4 Å². The van der Waals surface area contributed by atoms with Gasteiger partial charge >= 0.3 is 0 Å². The molecule has 128 valence electrons. The van der Waals surface area contributed by atoms with Gasteiger partial charge in [0, 0.05) is 31.4 Å². The van der Waals surface area contributed by atoms with E-state index >= 15 is 0 Å². The highest BCUT2D eigenvalue weighted by Gasteiger charge is 2.20. The molecule has 5 rings (SSSR count). The van der Waals surface area contributed by atoms with Crippen molar-refractivity contribution in [2.45, 2.75) is 19.5 Å². The molecule has 3 heterocycles. The van der Waals surface area contributed by atoms with Crippen molar-refractivity contribution in [3.63, 3.8) is 0 Å². The van der Waals surface area contributed by atoms with E-state index in [1.807, 2.05) is 0 Å². The molecule has 0 aliphatic carbocycles. The summed E-state index contributed by atoms with van der Waals surface area (Å²) in [7, 11) is 0. The second-order valence-corrected chi connectivity index (χ2v) is 6.93. The lowest BCUT2D eigenvalue weighted by atomic mass is 9.99. The minimum atomic E-state index is 0.906. The summed E-state index contributed by atoms with van der Waals surface area (Å²) in [5.41, 5.74) is 7.50. The number of hydrogen-bond donors (Lipinski definition) is 0. The van der Waals surface area contributed by atoms with Gasteiger partial charge in [-0.3, -0.25) is 4.90 Å². The SMILES string of the molecule is c1ccc(-c2nc3ccccn3c2CN2CCc3ccccc3C2)cc1. The maximum atomic E-state index is 4.93. The van der Waals surface area contributed by atoms with Gasteiger partial charge < -0.3 is 4.40 Å². The fourth-order valence-corrected chi connectivity index (χ4v) is 3.93. The molecule has 4 aromatic rings. The van der Waals surface area contributed by atoms with Gasteiger partial charge in [-0.1, -0.05) is 60.7 Å². The van der Waals surface area contributed by atoms with Crippen molar-refractivity contribution < 1.29 is 0 Å². The first kappa shape index (κ1) is 15.4. The van der Waals surface area contributed by atoms with Crippen LogP contribution in [0.1, 0.15) is 16.8 Å². The molecular formula is C23H21N3. The topological polar surface area (TPSA) is 20.5 Å². The van der Waals surface area contributed by atoms with E-state index in [9.17, 15) is 0 Å². The van der Waals surface area contributed by atoms with Crippen molar-refractivity contribution in [3.05, 3.63) is 95.8 Å². The fourth-order valence-electron chi connectivity index (χ4n) is 3.93. The second kappa shape index (κ2) is 6.43. The zero-order valence-electron chi connectivity index (χ0n) is 14.7. The number of pyridine rings is 1. The van der Waals surface area contributed by atoms with E-state index in [0.717, 1.165) is 37.4 Å². The minimum absolute atomic E-state index is 0.906. The number of hydrogen-bond acceptors (Lipinski definition) is 2. The Hall–Kier alpha value is -2.91. The molecule has 3 heteroatoms. The number of benzene rings is 2. The number of aromatic nitrogens is 2. The Morgan fingerprint density at radius 3 is 2.46 bits per heavy atom. The molecule has 26 heavy (non-hydrogen) atoms. The van der Waals surface area contributed by atoms with Gasteiger partial charge in [-0.15, -0.1) is 0 Å². The molecule has 2 aromatic carbocycles. The molecule has 0 fully saturated rings. The molecule has 0 radical (unpaired) electrons. The van der Waals surface area contributed by atoms with Crippen LogP contribution in [0.4, 0.5) is 0 Å². The molecule has 1 aliphatic heterocycles. The molecule has 1 aliphatic rings. The van der Waals surface area contributed by atoms with Gasteiger partial charge in [0.2, 0.25) is 0 Å². The van der Waals surface area contributed by atoms with Crippen LogP contribution >= 0.6 is 0 Å². The molecule has 2 aromatic heterocycles. The maximum absolute atomic E-state index is 4.93. The predicted octanol–water partition coefficient (Wildman–Crippen LogP) is 4.56. The van der Waals surface area contributed by atoms with E-state index < -0.39 is 0 Å². The smallest absolute Gasteiger partial charge is 0.137 e. The van der Waals surface area contributed by atoms with Crippen molar-refractivity contribution in [3.8, 4) is 11.3 Å². The molecule has 0 saturated carbocycles. The fraction of sp³-hybridized carbons (Fsp3) is 0.174. The lowest BCUT2D eigenvalue weighted by Gasteiger charge is -2.28. The molecular weight excluding hydrogens is 318 g/mol. The van der Waals surface area contributed by atoms with Gasteiger partial charge in [0.15, 0.2) is 0 Å². The molecule has 0 saturated heterocycles. The Balaban J connectivity index is 1.54. The summed E-state index contributed by atoms with van der Waals surface area (Å²) in [6.07, 6.45) is 3.25. The van der Waals surface area contributed by atoms with Crippen LogP contribution < -0.4 is 0 Å². The summed E-state index contributed by atoms with van der Waals surface area (Å²) < 4.78 is 2.24. The zero-order chi connectivity index (χ0) is 17.3. The van der Waals surface area contributed by atoms with Crippen LogP contribution in [0.5, 0.6) is 0 Å². The van der Waals surface area contributed by atoms with Gasteiger partial charge in [-0.05, 0) is 29.7 Å². The molecule has 0 N–H and O–H groups in total. The lowest BCUT2D eigenvalue weighted by molar-refractivity contribution is 0.242. The highest BCUT2D eigenvalue weighted by atomic mass is 15.2. The average molecular weight is 339 g/mol. The maximum Gasteiger partial charge on any atom is 0.137 e. The van der Waals surface area contributed by atoms with Gasteiger partial charge in [0.1, 0.15) is 5.65 Å². The van der Waals surface area contributed by atoms with Crippen molar-refractivity contribution in [1.82, 2.24) is 14.3 Å². The minimum Gasteiger partial charge on any atom is -0.302 e. The Morgan fingerprint density at radius 1 is 0.808 bits per heavy atom. The van der Waals surface area contributed by atoms with Gasteiger partial charge in [0.05, 0.1) is 11.4 Å². The van der Waals surface area contributed by atoms with Crippen molar-refractivity contribution in [2.24, 2.45) is 0 Å². The van der Waals surface area contributed by atoms with Gasteiger partial charge in [-0.2, -0.15) is 0 Å². The first-order chi connectivity index (χ1) is 12.9. The molecule has 3 nitrogen and oxygen atoms in total. The summed E-state index contributed by atoms with van der Waals surface area (Å²) in [6, 6.07) is 25.6. The van der Waals surface area contributed by atoms with Crippen LogP contribution in [0.2, 0.25) is 0 Å². The Bertz CT molecular complexity index is 1050. The van der Waals surface area contributed by atoms with Crippen LogP contribution in [0, 0.1) is 0 Å². The molecule has 0 amide bonds. The Morgan fingerprint density at radius 2 is 1.58 bits per heavy atom. The summed E-state index contributed by atoms with van der Waals surface area (Å²) in [6.45, 7) is 3.00. The first-order valence-electron chi connectivity index (χ1n) is 9.19. The first-order valence-corrected chi connectivity index (χ1v) is 9.19. The molecule has 0 unspecified atom stereocenters. The highest BCUT2D eigenvalue weighted by Crippen LogP contribution is 2.27. The van der Waals surface area contributed by atoms with E-state index in [0.29, 0.717) is 0 Å². The van der Waals surface area contributed by atoms with Crippen LogP contribution in [0.3, 0.4) is 0 Å². The summed E-state index contributed by atoms with van der Waals surface area (Å²) in [5.74, 6) is 0. The number of fused-ring (bicyclic) bond motifs is 2. The van der Waals surface area contributed by atoms with E-state index in [4.69, 9.17) is 4.98 Å². The Kier molecular flexibility index (Phi) is 3.80. The van der Waals surface area contributed by atoms with Crippen molar-refractivity contribution in [2.75, 3.05) is 6.54 Å². The zero-order valence-corrected chi connectivity index (χ0v) is 14.7. The van der Waals surface area contributed by atoms with E-state index in [-0.39, 0.29) is 0 Å². The third kappa shape index (κ3) is 2.71. The quantitative estimate of drug-likeness (QED) is 0.545. The molecule has 0 spiro atoms. The van der Waals surface area contributed by atoms with Gasteiger partial charge in [0.25, 0.3) is 0 Å². The number of imidazole rings is 1.